The van der Waals surface area contributed by atoms with Crippen molar-refractivity contribution in [2.24, 2.45) is 0 Å². The Morgan fingerprint density at radius 2 is 2.32 bits per heavy atom. The monoisotopic (exact) mass is 262 g/mol. The fraction of sp³-hybridized carbons (Fsp3) is 0.533. The van der Waals surface area contributed by atoms with Gasteiger partial charge in [-0.15, -0.1) is 0 Å². The molecule has 1 aliphatic rings. The number of rotatable bonds is 6. The zero-order chi connectivity index (χ0) is 13.7. The van der Waals surface area contributed by atoms with Crippen LogP contribution in [0.15, 0.2) is 18.2 Å². The Hall–Kier alpha value is -1.55. The van der Waals surface area contributed by atoms with Gasteiger partial charge in [-0.25, -0.2) is 0 Å². The second kappa shape index (κ2) is 6.57. The van der Waals surface area contributed by atoms with Crippen molar-refractivity contribution >= 4 is 5.91 Å². The molecule has 0 aliphatic heterocycles. The lowest BCUT2D eigenvalue weighted by Gasteiger charge is -2.13. The van der Waals surface area contributed by atoms with Gasteiger partial charge >= 0.3 is 0 Å². The summed E-state index contributed by atoms with van der Waals surface area (Å²) < 4.78 is 5.62. The predicted molar refractivity (Wildman–Crippen MR) is 75.4 cm³/mol. The highest BCUT2D eigenvalue weighted by Crippen LogP contribution is 2.33. The number of ether oxygens (including phenoxy) is 1. The molecule has 4 nitrogen and oxygen atoms in total. The molecule has 1 aromatic rings. The molecular weight excluding hydrogens is 240 g/mol. The van der Waals surface area contributed by atoms with E-state index in [0.717, 1.165) is 25.1 Å². The standard InChI is InChI=1S/C15H22N2O2/c1-3-17-14-7-4-11-10-12(5-6-13(11)14)19-9-8-15(18)16-2/h5-6,10,14,17H,3-4,7-9H2,1-2H3,(H,16,18). The second-order valence-electron chi connectivity index (χ2n) is 4.78. The van der Waals surface area contributed by atoms with Gasteiger partial charge in [-0.3, -0.25) is 4.79 Å². The molecule has 1 amide bonds. The van der Waals surface area contributed by atoms with Crippen LogP contribution < -0.4 is 15.4 Å². The van der Waals surface area contributed by atoms with E-state index in [-0.39, 0.29) is 5.91 Å². The van der Waals surface area contributed by atoms with Gasteiger partial charge in [0.2, 0.25) is 5.91 Å². The highest BCUT2D eigenvalue weighted by molar-refractivity contribution is 5.75. The number of amides is 1. The fourth-order valence-corrected chi connectivity index (χ4v) is 2.53. The van der Waals surface area contributed by atoms with Gasteiger partial charge in [0.1, 0.15) is 5.75 Å². The Morgan fingerprint density at radius 3 is 3.05 bits per heavy atom. The van der Waals surface area contributed by atoms with Gasteiger partial charge in [0.05, 0.1) is 13.0 Å². The van der Waals surface area contributed by atoms with Crippen LogP contribution in [-0.4, -0.2) is 26.1 Å². The molecule has 1 aromatic carbocycles. The predicted octanol–water partition coefficient (Wildman–Crippen LogP) is 1.80. The average molecular weight is 262 g/mol. The molecule has 1 aliphatic carbocycles. The minimum Gasteiger partial charge on any atom is -0.493 e. The molecular formula is C15H22N2O2. The number of hydrogen-bond donors (Lipinski definition) is 2. The molecule has 2 N–H and O–H groups in total. The van der Waals surface area contributed by atoms with Crippen LogP contribution in [0.1, 0.15) is 36.9 Å². The van der Waals surface area contributed by atoms with Crippen LogP contribution in [-0.2, 0) is 11.2 Å². The van der Waals surface area contributed by atoms with Crippen molar-refractivity contribution in [3.63, 3.8) is 0 Å². The van der Waals surface area contributed by atoms with Crippen molar-refractivity contribution in [2.75, 3.05) is 20.2 Å². The normalized spacial score (nSPS) is 17.1. The van der Waals surface area contributed by atoms with Crippen LogP contribution in [0.25, 0.3) is 0 Å². The summed E-state index contributed by atoms with van der Waals surface area (Å²) in [5, 5.41) is 6.08. The van der Waals surface area contributed by atoms with Crippen molar-refractivity contribution in [3.8, 4) is 5.75 Å². The summed E-state index contributed by atoms with van der Waals surface area (Å²) in [5.74, 6) is 0.869. The van der Waals surface area contributed by atoms with Crippen molar-refractivity contribution in [2.45, 2.75) is 32.2 Å². The van der Waals surface area contributed by atoms with E-state index in [1.807, 2.05) is 6.07 Å². The highest BCUT2D eigenvalue weighted by Gasteiger charge is 2.21. The maximum absolute atomic E-state index is 11.1. The third-order valence-electron chi connectivity index (χ3n) is 3.52. The molecule has 0 spiro atoms. The van der Waals surface area contributed by atoms with Crippen molar-refractivity contribution in [1.29, 1.82) is 0 Å². The lowest BCUT2D eigenvalue weighted by Crippen LogP contribution is -2.20. The SMILES string of the molecule is CCNC1CCc2cc(OCCC(=O)NC)ccc21. The van der Waals surface area contributed by atoms with Gasteiger partial charge in [0.25, 0.3) is 0 Å². The number of hydrogen-bond acceptors (Lipinski definition) is 3. The van der Waals surface area contributed by atoms with Crippen LogP contribution >= 0.6 is 0 Å². The Balaban J connectivity index is 1.93. The molecule has 104 valence electrons. The van der Waals surface area contributed by atoms with Crippen LogP contribution in [0.5, 0.6) is 5.75 Å². The lowest BCUT2D eigenvalue weighted by atomic mass is 10.1. The van der Waals surface area contributed by atoms with Gasteiger partial charge in [0, 0.05) is 13.1 Å². The maximum Gasteiger partial charge on any atom is 0.223 e. The number of benzene rings is 1. The summed E-state index contributed by atoms with van der Waals surface area (Å²) in [4.78, 5) is 11.1. The third kappa shape index (κ3) is 3.47. The Labute approximate surface area is 114 Å². The number of carbonyl (C=O) groups excluding carboxylic acids is 1. The van der Waals surface area contributed by atoms with Crippen LogP contribution in [0, 0.1) is 0 Å². The van der Waals surface area contributed by atoms with Crippen LogP contribution in [0.3, 0.4) is 0 Å². The first-order valence-electron chi connectivity index (χ1n) is 6.94. The van der Waals surface area contributed by atoms with E-state index >= 15 is 0 Å². The molecule has 0 radical (unpaired) electrons. The van der Waals surface area contributed by atoms with Crippen molar-refractivity contribution < 1.29 is 9.53 Å². The van der Waals surface area contributed by atoms with Gasteiger partial charge in [0.15, 0.2) is 0 Å². The number of fused-ring (bicyclic) bond motifs is 1. The molecule has 0 saturated heterocycles. The van der Waals surface area contributed by atoms with E-state index in [0.29, 0.717) is 19.1 Å². The van der Waals surface area contributed by atoms with Crippen LogP contribution in [0.2, 0.25) is 0 Å². The summed E-state index contributed by atoms with van der Waals surface area (Å²) in [6.07, 6.45) is 2.65. The van der Waals surface area contributed by atoms with Gasteiger partial charge in [-0.1, -0.05) is 13.0 Å². The summed E-state index contributed by atoms with van der Waals surface area (Å²) in [6, 6.07) is 6.74. The molecule has 4 heteroatoms. The highest BCUT2D eigenvalue weighted by atomic mass is 16.5. The van der Waals surface area contributed by atoms with E-state index in [1.165, 1.54) is 11.1 Å². The lowest BCUT2D eigenvalue weighted by molar-refractivity contribution is -0.121. The molecule has 0 fully saturated rings. The summed E-state index contributed by atoms with van der Waals surface area (Å²) in [7, 11) is 1.64. The van der Waals surface area contributed by atoms with Gasteiger partial charge in [-0.2, -0.15) is 0 Å². The van der Waals surface area contributed by atoms with E-state index in [1.54, 1.807) is 7.05 Å². The molecule has 0 saturated carbocycles. The third-order valence-corrected chi connectivity index (χ3v) is 3.52. The van der Waals surface area contributed by atoms with E-state index in [9.17, 15) is 4.79 Å². The first-order chi connectivity index (χ1) is 9.24. The Bertz CT molecular complexity index is 446. The maximum atomic E-state index is 11.1. The molecule has 1 unspecified atom stereocenters. The van der Waals surface area contributed by atoms with Crippen LogP contribution in [0.4, 0.5) is 0 Å². The van der Waals surface area contributed by atoms with E-state index in [2.05, 4.69) is 29.7 Å². The van der Waals surface area contributed by atoms with Gasteiger partial charge < -0.3 is 15.4 Å². The number of carbonyl (C=O) groups is 1. The first kappa shape index (κ1) is 13.9. The smallest absolute Gasteiger partial charge is 0.223 e. The first-order valence-corrected chi connectivity index (χ1v) is 6.94. The average Bonchev–Trinajstić information content (AvgIpc) is 2.82. The Morgan fingerprint density at radius 1 is 1.47 bits per heavy atom. The topological polar surface area (TPSA) is 50.4 Å². The molecule has 2 rings (SSSR count). The molecule has 0 bridgehead atoms. The molecule has 19 heavy (non-hydrogen) atoms. The number of aryl methyl sites for hydroxylation is 1. The van der Waals surface area contributed by atoms with Gasteiger partial charge in [-0.05, 0) is 42.6 Å². The Kier molecular flexibility index (Phi) is 4.80. The summed E-state index contributed by atoms with van der Waals surface area (Å²) in [6.45, 7) is 3.55. The summed E-state index contributed by atoms with van der Waals surface area (Å²) in [5.41, 5.74) is 2.75. The minimum absolute atomic E-state index is 0.00775. The summed E-state index contributed by atoms with van der Waals surface area (Å²) >= 11 is 0. The second-order valence-corrected chi connectivity index (χ2v) is 4.78. The number of nitrogens with one attached hydrogen (secondary N) is 2. The zero-order valence-corrected chi connectivity index (χ0v) is 11.7. The largest absolute Gasteiger partial charge is 0.493 e. The molecule has 0 aromatic heterocycles. The van der Waals surface area contributed by atoms with Crippen molar-refractivity contribution in [3.05, 3.63) is 29.3 Å². The molecule has 1 atom stereocenters. The molecule has 0 heterocycles. The zero-order valence-electron chi connectivity index (χ0n) is 11.7. The fourth-order valence-electron chi connectivity index (χ4n) is 2.53. The van der Waals surface area contributed by atoms with E-state index in [4.69, 9.17) is 4.74 Å². The van der Waals surface area contributed by atoms with Crippen molar-refractivity contribution in [1.82, 2.24) is 10.6 Å². The quantitative estimate of drug-likeness (QED) is 0.822. The van der Waals surface area contributed by atoms with E-state index < -0.39 is 0 Å². The minimum atomic E-state index is 0.00775.